The summed E-state index contributed by atoms with van der Waals surface area (Å²) >= 11 is 0. The summed E-state index contributed by atoms with van der Waals surface area (Å²) in [5, 5.41) is 21.2. The second kappa shape index (κ2) is 8.33. The molecule has 5 aliphatic carbocycles. The molecule has 0 aliphatic heterocycles. The molecule has 5 fully saturated rings. The highest BCUT2D eigenvalue weighted by atomic mass is 16.5. The van der Waals surface area contributed by atoms with Crippen molar-refractivity contribution in [2.24, 2.45) is 62.6 Å². The van der Waals surface area contributed by atoms with Gasteiger partial charge in [-0.15, -0.1) is 0 Å². The Morgan fingerprint density at radius 1 is 0.816 bits per heavy atom. The van der Waals surface area contributed by atoms with E-state index in [-0.39, 0.29) is 40.4 Å². The number of allylic oxidation sites excluding steroid dienone is 1. The number of ether oxygens (including phenoxy) is 1. The van der Waals surface area contributed by atoms with E-state index in [0.717, 1.165) is 50.5 Å². The third-order valence-electron chi connectivity index (χ3n) is 13.8. The standard InChI is InChI=1S/C32H48O6/c1-17(2)19-11-14-32(27(36)37)16-15-29(6)20(23(19)32)9-10-22-30(29,7)13-12-21-28(4,5)25(38-18(3)33)24(26(34)35)31(21,22)8/h19-25H,1,9-16H2,2-8H3,(H,34,35)(H,36,37). The van der Waals surface area contributed by atoms with Crippen LogP contribution in [-0.2, 0) is 19.1 Å². The van der Waals surface area contributed by atoms with Crippen LogP contribution in [0.15, 0.2) is 12.2 Å². The molecular formula is C32H48O6. The molecule has 6 nitrogen and oxygen atoms in total. The van der Waals surface area contributed by atoms with E-state index in [1.165, 1.54) is 6.92 Å². The Balaban J connectivity index is 1.61. The molecular weight excluding hydrogens is 480 g/mol. The molecule has 5 saturated carbocycles. The number of rotatable bonds is 4. The molecule has 0 aromatic carbocycles. The quantitative estimate of drug-likeness (QED) is 0.316. The van der Waals surface area contributed by atoms with E-state index in [2.05, 4.69) is 48.1 Å². The van der Waals surface area contributed by atoms with E-state index in [1.807, 2.05) is 0 Å². The van der Waals surface area contributed by atoms with E-state index in [0.29, 0.717) is 6.42 Å². The average Bonchev–Trinajstić information content (AvgIpc) is 3.27. The Labute approximate surface area is 228 Å². The van der Waals surface area contributed by atoms with Crippen molar-refractivity contribution in [1.82, 2.24) is 0 Å². The van der Waals surface area contributed by atoms with Crippen LogP contribution in [0.4, 0.5) is 0 Å². The van der Waals surface area contributed by atoms with Gasteiger partial charge in [0.25, 0.3) is 0 Å². The molecule has 11 atom stereocenters. The van der Waals surface area contributed by atoms with Crippen LogP contribution in [-0.4, -0.2) is 34.2 Å². The van der Waals surface area contributed by atoms with Crippen LogP contribution in [0.5, 0.6) is 0 Å². The van der Waals surface area contributed by atoms with Gasteiger partial charge in [-0.25, -0.2) is 0 Å². The first kappa shape index (κ1) is 27.7. The van der Waals surface area contributed by atoms with Gasteiger partial charge >= 0.3 is 17.9 Å². The molecule has 0 bridgehead atoms. The predicted octanol–water partition coefficient (Wildman–Crippen LogP) is 6.58. The van der Waals surface area contributed by atoms with Crippen molar-refractivity contribution in [2.45, 2.75) is 106 Å². The largest absolute Gasteiger partial charge is 0.481 e. The second-order valence-electron chi connectivity index (χ2n) is 15.2. The number of fused-ring (bicyclic) bond motifs is 7. The smallest absolute Gasteiger partial charge is 0.310 e. The van der Waals surface area contributed by atoms with E-state index in [4.69, 9.17) is 4.74 Å². The summed E-state index contributed by atoms with van der Waals surface area (Å²) in [5.74, 6) is -1.78. The summed E-state index contributed by atoms with van der Waals surface area (Å²) in [6.07, 6.45) is 6.25. The first-order chi connectivity index (χ1) is 17.5. The Kier molecular flexibility index (Phi) is 6.07. The van der Waals surface area contributed by atoms with Crippen molar-refractivity contribution in [1.29, 1.82) is 0 Å². The Morgan fingerprint density at radius 3 is 2.03 bits per heavy atom. The second-order valence-corrected chi connectivity index (χ2v) is 15.2. The van der Waals surface area contributed by atoms with Crippen molar-refractivity contribution in [3.05, 3.63) is 12.2 Å². The number of carboxylic acids is 2. The highest BCUT2D eigenvalue weighted by Gasteiger charge is 2.76. The summed E-state index contributed by atoms with van der Waals surface area (Å²) in [7, 11) is 0. The van der Waals surface area contributed by atoms with Gasteiger partial charge in [0.2, 0.25) is 0 Å². The van der Waals surface area contributed by atoms with Gasteiger partial charge in [0.1, 0.15) is 12.0 Å². The van der Waals surface area contributed by atoms with Crippen molar-refractivity contribution in [2.75, 3.05) is 0 Å². The number of aliphatic carboxylic acids is 2. The highest BCUT2D eigenvalue weighted by molar-refractivity contribution is 5.76. The van der Waals surface area contributed by atoms with Gasteiger partial charge in [0, 0.05) is 12.3 Å². The van der Waals surface area contributed by atoms with Crippen LogP contribution in [0.3, 0.4) is 0 Å². The third-order valence-corrected chi connectivity index (χ3v) is 13.8. The fraction of sp³-hybridized carbons (Fsp3) is 0.844. The molecule has 0 aromatic rings. The van der Waals surface area contributed by atoms with Gasteiger partial charge < -0.3 is 14.9 Å². The lowest BCUT2D eigenvalue weighted by Crippen LogP contribution is -2.65. The SMILES string of the molecule is C=C(C)C1CCC2(C(=O)O)CCC3(C)C(CCC4C5(C)C(C(=O)O)C(OC(C)=O)C(C)(C)C5CCC43C)C12. The summed E-state index contributed by atoms with van der Waals surface area (Å²) < 4.78 is 5.84. The van der Waals surface area contributed by atoms with Crippen LogP contribution in [0.1, 0.15) is 99.8 Å². The molecule has 11 unspecified atom stereocenters. The van der Waals surface area contributed by atoms with Gasteiger partial charge in [-0.3, -0.25) is 14.4 Å². The van der Waals surface area contributed by atoms with Crippen LogP contribution >= 0.6 is 0 Å². The lowest BCUT2D eigenvalue weighted by molar-refractivity contribution is -0.228. The van der Waals surface area contributed by atoms with Gasteiger partial charge in [0.15, 0.2) is 0 Å². The monoisotopic (exact) mass is 528 g/mol. The van der Waals surface area contributed by atoms with Gasteiger partial charge in [-0.2, -0.15) is 0 Å². The fourth-order valence-electron chi connectivity index (χ4n) is 12.2. The summed E-state index contributed by atoms with van der Waals surface area (Å²) in [4.78, 5) is 38.0. The minimum absolute atomic E-state index is 0.0851. The van der Waals surface area contributed by atoms with Crippen molar-refractivity contribution in [3.63, 3.8) is 0 Å². The number of carboxylic acid groups (broad SMARTS) is 2. The first-order valence-electron chi connectivity index (χ1n) is 14.8. The van der Waals surface area contributed by atoms with E-state index in [9.17, 15) is 24.6 Å². The van der Waals surface area contributed by atoms with Crippen molar-refractivity contribution in [3.8, 4) is 0 Å². The predicted molar refractivity (Wildman–Crippen MR) is 144 cm³/mol. The molecule has 0 amide bonds. The van der Waals surface area contributed by atoms with Gasteiger partial charge in [-0.05, 0) is 104 Å². The third kappa shape index (κ3) is 3.15. The number of carbonyl (C=O) groups excluding carboxylic acids is 1. The normalized spacial score (nSPS) is 50.7. The highest BCUT2D eigenvalue weighted by Crippen LogP contribution is 2.79. The molecule has 0 saturated heterocycles. The molecule has 212 valence electrons. The fourth-order valence-corrected chi connectivity index (χ4v) is 12.2. The zero-order chi connectivity index (χ0) is 28.2. The van der Waals surface area contributed by atoms with Crippen molar-refractivity contribution >= 4 is 17.9 Å². The maximum absolute atomic E-state index is 13.0. The minimum Gasteiger partial charge on any atom is -0.481 e. The number of esters is 1. The molecule has 5 aliphatic rings. The topological polar surface area (TPSA) is 101 Å². The minimum atomic E-state index is -0.863. The zero-order valence-electron chi connectivity index (χ0n) is 24.4. The zero-order valence-corrected chi connectivity index (χ0v) is 24.4. The molecule has 5 rings (SSSR count). The Hall–Kier alpha value is -1.85. The van der Waals surface area contributed by atoms with Crippen LogP contribution in [0, 0.1) is 62.6 Å². The average molecular weight is 529 g/mol. The molecule has 2 N–H and O–H groups in total. The van der Waals surface area contributed by atoms with Gasteiger partial charge in [-0.1, -0.05) is 46.8 Å². The van der Waals surface area contributed by atoms with E-state index >= 15 is 0 Å². The van der Waals surface area contributed by atoms with E-state index < -0.39 is 46.2 Å². The number of carbonyl (C=O) groups is 3. The maximum Gasteiger partial charge on any atom is 0.310 e. The molecule has 38 heavy (non-hydrogen) atoms. The van der Waals surface area contributed by atoms with Crippen LogP contribution in [0.2, 0.25) is 0 Å². The Bertz CT molecular complexity index is 1080. The number of hydrogen-bond acceptors (Lipinski definition) is 4. The number of hydrogen-bond donors (Lipinski definition) is 2. The van der Waals surface area contributed by atoms with E-state index in [1.54, 1.807) is 0 Å². The summed E-state index contributed by atoms with van der Waals surface area (Å²) in [6, 6.07) is 0. The lowest BCUT2D eigenvalue weighted by atomic mass is 9.34. The summed E-state index contributed by atoms with van der Waals surface area (Å²) in [6.45, 7) is 18.9. The summed E-state index contributed by atoms with van der Waals surface area (Å²) in [5.41, 5.74) is -0.720. The Morgan fingerprint density at radius 2 is 1.47 bits per heavy atom. The van der Waals surface area contributed by atoms with Crippen LogP contribution < -0.4 is 0 Å². The first-order valence-corrected chi connectivity index (χ1v) is 14.8. The molecule has 0 spiro atoms. The van der Waals surface area contributed by atoms with Gasteiger partial charge in [0.05, 0.1) is 5.41 Å². The molecule has 0 heterocycles. The van der Waals surface area contributed by atoms with Crippen molar-refractivity contribution < 1.29 is 29.3 Å². The maximum atomic E-state index is 13.0. The lowest BCUT2D eigenvalue weighted by Gasteiger charge is -2.70. The molecule has 0 radical (unpaired) electrons. The van der Waals surface area contributed by atoms with Crippen LogP contribution in [0.25, 0.3) is 0 Å². The molecule has 6 heteroatoms. The molecule has 0 aromatic heterocycles.